The van der Waals surface area contributed by atoms with E-state index in [2.05, 4.69) is 27.7 Å². The smallest absolute Gasteiger partial charge is 0.305 e. The first-order valence-corrected chi connectivity index (χ1v) is 12.4. The maximum absolute atomic E-state index is 11.6. The molecule has 150 valence electrons. The fraction of sp³-hybridized carbons (Fsp3) is 0.950. The van der Waals surface area contributed by atoms with E-state index in [1.165, 1.54) is 25.7 Å². The van der Waals surface area contributed by atoms with Crippen molar-refractivity contribution in [1.82, 2.24) is 0 Å². The number of esters is 1. The van der Waals surface area contributed by atoms with E-state index in [-0.39, 0.29) is 17.5 Å². The number of carbonyl (C=O) groups is 1. The van der Waals surface area contributed by atoms with Gasteiger partial charge in [0.05, 0.1) is 12.7 Å². The van der Waals surface area contributed by atoms with Crippen molar-refractivity contribution in [2.24, 2.45) is 5.41 Å². The van der Waals surface area contributed by atoms with Crippen LogP contribution in [0.1, 0.15) is 91.9 Å². The van der Waals surface area contributed by atoms with E-state index in [9.17, 15) is 9.90 Å². The molecule has 0 aliphatic rings. The number of hydrogen-bond donors (Lipinski definition) is 1. The molecular weight excluding hydrogens is 352 g/mol. The van der Waals surface area contributed by atoms with Crippen LogP contribution >= 0.6 is 21.6 Å². The van der Waals surface area contributed by atoms with Gasteiger partial charge in [0.2, 0.25) is 0 Å². The van der Waals surface area contributed by atoms with Crippen LogP contribution in [0.2, 0.25) is 0 Å². The summed E-state index contributed by atoms with van der Waals surface area (Å²) in [4.78, 5) is 11.6. The molecule has 0 aromatic heterocycles. The van der Waals surface area contributed by atoms with Crippen LogP contribution in [0.15, 0.2) is 0 Å². The highest BCUT2D eigenvalue weighted by molar-refractivity contribution is 8.76. The molecular formula is C20H40O3S2. The SMILES string of the molecule is CCCCCC(O)CSSCCCCCCOC(=O)CCC(C)(C)C. The van der Waals surface area contributed by atoms with E-state index < -0.39 is 0 Å². The summed E-state index contributed by atoms with van der Waals surface area (Å²) in [5.74, 6) is 1.93. The molecule has 0 amide bonds. The predicted molar refractivity (Wildman–Crippen MR) is 113 cm³/mol. The summed E-state index contributed by atoms with van der Waals surface area (Å²) in [6.45, 7) is 9.18. The average molecular weight is 393 g/mol. The first-order chi connectivity index (χ1) is 11.8. The van der Waals surface area contributed by atoms with E-state index in [4.69, 9.17) is 4.74 Å². The van der Waals surface area contributed by atoms with Crippen molar-refractivity contribution in [3.8, 4) is 0 Å². The summed E-state index contributed by atoms with van der Waals surface area (Å²) in [7, 11) is 3.67. The van der Waals surface area contributed by atoms with Gasteiger partial charge in [-0.05, 0) is 31.1 Å². The number of aliphatic hydroxyl groups is 1. The van der Waals surface area contributed by atoms with Crippen molar-refractivity contribution in [2.45, 2.75) is 98.0 Å². The molecule has 0 radical (unpaired) electrons. The van der Waals surface area contributed by atoms with Gasteiger partial charge in [-0.15, -0.1) is 0 Å². The molecule has 0 aromatic rings. The normalized spacial score (nSPS) is 13.0. The zero-order valence-electron chi connectivity index (χ0n) is 16.8. The minimum absolute atomic E-state index is 0.0561. The van der Waals surface area contributed by atoms with Crippen molar-refractivity contribution < 1.29 is 14.6 Å². The minimum Gasteiger partial charge on any atom is -0.466 e. The van der Waals surface area contributed by atoms with Gasteiger partial charge in [0, 0.05) is 17.9 Å². The zero-order chi connectivity index (χ0) is 19.0. The molecule has 0 fully saturated rings. The largest absolute Gasteiger partial charge is 0.466 e. The number of aliphatic hydroxyl groups excluding tert-OH is 1. The second kappa shape index (κ2) is 16.3. The molecule has 5 heteroatoms. The maximum Gasteiger partial charge on any atom is 0.305 e. The molecule has 0 spiro atoms. The molecule has 3 nitrogen and oxygen atoms in total. The van der Waals surface area contributed by atoms with E-state index >= 15 is 0 Å². The van der Waals surface area contributed by atoms with E-state index in [1.807, 2.05) is 10.8 Å². The van der Waals surface area contributed by atoms with E-state index in [1.54, 1.807) is 10.8 Å². The Morgan fingerprint density at radius 3 is 2.44 bits per heavy atom. The van der Waals surface area contributed by atoms with Crippen molar-refractivity contribution >= 4 is 27.6 Å². The van der Waals surface area contributed by atoms with Crippen LogP contribution in [-0.2, 0) is 9.53 Å². The monoisotopic (exact) mass is 392 g/mol. The van der Waals surface area contributed by atoms with E-state index in [0.29, 0.717) is 13.0 Å². The van der Waals surface area contributed by atoms with Gasteiger partial charge in [-0.2, -0.15) is 0 Å². The average Bonchev–Trinajstić information content (AvgIpc) is 2.54. The van der Waals surface area contributed by atoms with Crippen molar-refractivity contribution in [3.05, 3.63) is 0 Å². The Labute approximate surface area is 163 Å². The van der Waals surface area contributed by atoms with Crippen LogP contribution in [0.5, 0.6) is 0 Å². The number of unbranched alkanes of at least 4 members (excludes halogenated alkanes) is 5. The highest BCUT2D eigenvalue weighted by Gasteiger charge is 2.13. The Morgan fingerprint density at radius 2 is 1.76 bits per heavy atom. The van der Waals surface area contributed by atoms with Gasteiger partial charge in [0.15, 0.2) is 0 Å². The number of hydrogen-bond acceptors (Lipinski definition) is 5. The molecule has 1 atom stereocenters. The molecule has 0 aliphatic heterocycles. The topological polar surface area (TPSA) is 46.5 Å². The fourth-order valence-corrected chi connectivity index (χ4v) is 4.58. The van der Waals surface area contributed by atoms with Crippen molar-refractivity contribution in [2.75, 3.05) is 18.1 Å². The van der Waals surface area contributed by atoms with Crippen LogP contribution in [0, 0.1) is 5.41 Å². The Kier molecular flexibility index (Phi) is 16.4. The van der Waals surface area contributed by atoms with Gasteiger partial charge >= 0.3 is 5.97 Å². The molecule has 1 N–H and O–H groups in total. The van der Waals surface area contributed by atoms with Gasteiger partial charge < -0.3 is 9.84 Å². The summed E-state index contributed by atoms with van der Waals surface area (Å²) >= 11 is 0. The molecule has 0 rings (SSSR count). The van der Waals surface area contributed by atoms with Crippen molar-refractivity contribution in [3.63, 3.8) is 0 Å². The first kappa shape index (κ1) is 25.1. The van der Waals surface area contributed by atoms with Crippen LogP contribution < -0.4 is 0 Å². The quantitative estimate of drug-likeness (QED) is 0.191. The molecule has 0 aromatic carbocycles. The molecule has 0 heterocycles. The van der Waals surface area contributed by atoms with Crippen molar-refractivity contribution in [1.29, 1.82) is 0 Å². The molecule has 0 saturated heterocycles. The highest BCUT2D eigenvalue weighted by atomic mass is 33.1. The molecule has 1 unspecified atom stereocenters. The third kappa shape index (κ3) is 20.3. The lowest BCUT2D eigenvalue weighted by molar-refractivity contribution is -0.144. The van der Waals surface area contributed by atoms with Gasteiger partial charge in [-0.25, -0.2) is 0 Å². The summed E-state index contributed by atoms with van der Waals surface area (Å²) in [6.07, 6.45) is 10.3. The third-order valence-electron chi connectivity index (χ3n) is 3.95. The van der Waals surface area contributed by atoms with Crippen LogP contribution in [0.3, 0.4) is 0 Å². The second-order valence-electron chi connectivity index (χ2n) is 7.95. The summed E-state index contributed by atoms with van der Waals surface area (Å²) in [5, 5.41) is 9.83. The lowest BCUT2D eigenvalue weighted by atomic mass is 9.91. The first-order valence-electron chi connectivity index (χ1n) is 9.93. The Hall–Kier alpha value is 0.130. The maximum atomic E-state index is 11.6. The van der Waals surface area contributed by atoms with Gasteiger partial charge in [-0.1, -0.05) is 81.4 Å². The predicted octanol–water partition coefficient (Wildman–Crippen LogP) is 6.24. The molecule has 0 aliphatic carbocycles. The second-order valence-corrected chi connectivity index (χ2v) is 10.6. The lowest BCUT2D eigenvalue weighted by Gasteiger charge is -2.16. The van der Waals surface area contributed by atoms with Gasteiger partial charge in [0.25, 0.3) is 0 Å². The third-order valence-corrected chi connectivity index (χ3v) is 6.50. The lowest BCUT2D eigenvalue weighted by Crippen LogP contribution is -2.11. The Balaban J connectivity index is 3.27. The molecule has 25 heavy (non-hydrogen) atoms. The van der Waals surface area contributed by atoms with Gasteiger partial charge in [0.1, 0.15) is 0 Å². The number of ether oxygens (including phenoxy) is 1. The summed E-state index contributed by atoms with van der Waals surface area (Å²) in [5.41, 5.74) is 0.195. The van der Waals surface area contributed by atoms with Crippen LogP contribution in [0.4, 0.5) is 0 Å². The standard InChI is InChI=1S/C20H40O3S2/c1-5-6-9-12-18(21)17-25-24-16-11-8-7-10-15-23-19(22)13-14-20(2,3)4/h18,21H,5-17H2,1-4H3. The van der Waals surface area contributed by atoms with Gasteiger partial charge in [-0.3, -0.25) is 4.79 Å². The molecule has 0 bridgehead atoms. The number of carbonyl (C=O) groups excluding carboxylic acids is 1. The summed E-state index contributed by atoms with van der Waals surface area (Å²) < 4.78 is 5.27. The minimum atomic E-state index is -0.142. The highest BCUT2D eigenvalue weighted by Crippen LogP contribution is 2.25. The van der Waals surface area contributed by atoms with Crippen LogP contribution in [-0.4, -0.2) is 35.3 Å². The Morgan fingerprint density at radius 1 is 1.04 bits per heavy atom. The van der Waals surface area contributed by atoms with Crippen LogP contribution in [0.25, 0.3) is 0 Å². The molecule has 0 saturated carbocycles. The zero-order valence-corrected chi connectivity index (χ0v) is 18.5. The summed E-state index contributed by atoms with van der Waals surface area (Å²) in [6, 6.07) is 0. The van der Waals surface area contributed by atoms with E-state index in [0.717, 1.165) is 43.6 Å². The fourth-order valence-electron chi connectivity index (χ4n) is 2.25. The number of rotatable bonds is 16. The Bertz CT molecular complexity index is 317.